The molecule has 3 amide bonds. The SMILES string of the molecule is CCOC(CN(CCCc1ccccc1)C(=O)C(Cc1cccc2ccccc12)NC(=O)CONC(=O)OCc1ccccc1)OCC. The first-order valence-corrected chi connectivity index (χ1v) is 16.4. The van der Waals surface area contributed by atoms with Crippen molar-refractivity contribution in [3.63, 3.8) is 0 Å². The zero-order valence-corrected chi connectivity index (χ0v) is 27.6. The Balaban J connectivity index is 1.48. The predicted molar refractivity (Wildman–Crippen MR) is 184 cm³/mol. The molecule has 48 heavy (non-hydrogen) atoms. The Hall–Kier alpha value is -4.77. The van der Waals surface area contributed by atoms with Crippen molar-refractivity contribution in [1.29, 1.82) is 0 Å². The number of carbonyl (C=O) groups excluding carboxylic acids is 3. The fraction of sp³-hybridized carbons (Fsp3) is 0.342. The standard InChI is InChI=1S/C38H45N3O7/c1-3-45-36(46-4-2)26-41(24-14-19-29-15-7-5-8-16-29)37(43)34(25-32-22-13-21-31-20-11-12-23-33(31)32)39-35(42)28-48-40-38(44)47-27-30-17-9-6-10-18-30/h5-13,15-18,20-23,34,36H,3-4,14,19,24-28H2,1-2H3,(H,39,42)(H,40,44). The van der Waals surface area contributed by atoms with Gasteiger partial charge in [-0.25, -0.2) is 4.79 Å². The minimum Gasteiger partial charge on any atom is -0.443 e. The van der Waals surface area contributed by atoms with E-state index in [1.165, 1.54) is 5.56 Å². The van der Waals surface area contributed by atoms with E-state index in [-0.39, 0.29) is 25.5 Å². The van der Waals surface area contributed by atoms with Gasteiger partial charge in [0.15, 0.2) is 12.9 Å². The lowest BCUT2D eigenvalue weighted by atomic mass is 9.98. The van der Waals surface area contributed by atoms with Crippen molar-refractivity contribution >= 4 is 28.7 Å². The van der Waals surface area contributed by atoms with E-state index >= 15 is 0 Å². The molecular weight excluding hydrogens is 610 g/mol. The topological polar surface area (TPSA) is 115 Å². The number of benzene rings is 4. The molecule has 10 nitrogen and oxygen atoms in total. The van der Waals surface area contributed by atoms with E-state index in [1.807, 2.05) is 105 Å². The molecule has 0 bridgehead atoms. The van der Waals surface area contributed by atoms with Gasteiger partial charge in [-0.15, -0.1) is 0 Å². The molecule has 2 N–H and O–H groups in total. The summed E-state index contributed by atoms with van der Waals surface area (Å²) in [6.45, 7) is 4.75. The molecule has 10 heteroatoms. The number of fused-ring (bicyclic) bond motifs is 1. The number of nitrogens with zero attached hydrogens (tertiary/aromatic N) is 1. The minimum atomic E-state index is -0.933. The lowest BCUT2D eigenvalue weighted by Gasteiger charge is -2.31. The molecule has 0 aromatic heterocycles. The maximum absolute atomic E-state index is 14.4. The van der Waals surface area contributed by atoms with Gasteiger partial charge in [-0.05, 0) is 54.2 Å². The second kappa shape index (κ2) is 19.8. The molecular formula is C38H45N3O7. The van der Waals surface area contributed by atoms with E-state index in [1.54, 1.807) is 4.90 Å². The maximum Gasteiger partial charge on any atom is 0.431 e. The van der Waals surface area contributed by atoms with Crippen LogP contribution in [0.2, 0.25) is 0 Å². The summed E-state index contributed by atoms with van der Waals surface area (Å²) in [5.74, 6) is -0.851. The molecule has 1 unspecified atom stereocenters. The molecule has 254 valence electrons. The van der Waals surface area contributed by atoms with Gasteiger partial charge in [-0.3, -0.25) is 14.4 Å². The van der Waals surface area contributed by atoms with Gasteiger partial charge in [0.25, 0.3) is 0 Å². The van der Waals surface area contributed by atoms with Crippen molar-refractivity contribution in [2.45, 2.75) is 52.0 Å². The highest BCUT2D eigenvalue weighted by molar-refractivity contribution is 5.90. The van der Waals surface area contributed by atoms with Gasteiger partial charge in [0.05, 0.1) is 6.54 Å². The van der Waals surface area contributed by atoms with Crippen LogP contribution in [0.25, 0.3) is 10.8 Å². The van der Waals surface area contributed by atoms with Gasteiger partial charge in [0.1, 0.15) is 12.6 Å². The number of rotatable bonds is 19. The summed E-state index contributed by atoms with van der Waals surface area (Å²) in [6, 6.07) is 32.2. The van der Waals surface area contributed by atoms with Crippen LogP contribution in [0.15, 0.2) is 103 Å². The Morgan fingerprint density at radius 3 is 2.12 bits per heavy atom. The minimum absolute atomic E-state index is 0.0500. The molecule has 0 spiro atoms. The second-order valence-corrected chi connectivity index (χ2v) is 11.1. The summed E-state index contributed by atoms with van der Waals surface area (Å²) in [6.07, 6.45) is 0.260. The van der Waals surface area contributed by atoms with E-state index < -0.39 is 30.9 Å². The summed E-state index contributed by atoms with van der Waals surface area (Å²) >= 11 is 0. The fourth-order valence-electron chi connectivity index (χ4n) is 5.38. The molecule has 0 aliphatic heterocycles. The zero-order chi connectivity index (χ0) is 34.0. The van der Waals surface area contributed by atoms with E-state index in [4.69, 9.17) is 19.0 Å². The number of amides is 3. The van der Waals surface area contributed by atoms with Gasteiger partial charge >= 0.3 is 6.09 Å². The van der Waals surface area contributed by atoms with E-state index in [2.05, 4.69) is 22.9 Å². The van der Waals surface area contributed by atoms with Crippen LogP contribution in [0.5, 0.6) is 0 Å². The smallest absolute Gasteiger partial charge is 0.431 e. The molecule has 0 heterocycles. The average Bonchev–Trinajstić information content (AvgIpc) is 3.11. The van der Waals surface area contributed by atoms with Crippen LogP contribution in [0.3, 0.4) is 0 Å². The lowest BCUT2D eigenvalue weighted by molar-refractivity contribution is -0.160. The van der Waals surface area contributed by atoms with Gasteiger partial charge in [-0.1, -0.05) is 103 Å². The molecule has 0 saturated heterocycles. The molecule has 4 aromatic rings. The van der Waals surface area contributed by atoms with E-state index in [9.17, 15) is 14.4 Å². The molecule has 1 atom stereocenters. The highest BCUT2D eigenvalue weighted by Crippen LogP contribution is 2.21. The van der Waals surface area contributed by atoms with Crippen LogP contribution in [-0.2, 0) is 48.1 Å². The monoisotopic (exact) mass is 655 g/mol. The maximum atomic E-state index is 14.4. The van der Waals surface area contributed by atoms with Crippen LogP contribution in [0, 0.1) is 0 Å². The Bertz CT molecular complexity index is 1560. The quantitative estimate of drug-likeness (QED) is 0.100. The highest BCUT2D eigenvalue weighted by atomic mass is 16.7. The molecule has 0 saturated carbocycles. The average molecular weight is 656 g/mol. The van der Waals surface area contributed by atoms with Gasteiger partial charge in [0.2, 0.25) is 11.8 Å². The third kappa shape index (κ3) is 11.8. The molecule has 4 aromatic carbocycles. The number of nitrogens with one attached hydrogen (secondary N) is 2. The first-order valence-electron chi connectivity index (χ1n) is 16.4. The number of aryl methyl sites for hydroxylation is 1. The summed E-state index contributed by atoms with van der Waals surface area (Å²) in [4.78, 5) is 46.5. The van der Waals surface area contributed by atoms with Crippen molar-refractivity contribution in [2.24, 2.45) is 0 Å². The van der Waals surface area contributed by atoms with Crippen molar-refractivity contribution in [3.05, 3.63) is 120 Å². The number of ether oxygens (including phenoxy) is 3. The van der Waals surface area contributed by atoms with Crippen LogP contribution in [0.4, 0.5) is 4.79 Å². The summed E-state index contributed by atoms with van der Waals surface area (Å²) in [5, 5.41) is 4.88. The summed E-state index contributed by atoms with van der Waals surface area (Å²) < 4.78 is 16.8. The third-order valence-corrected chi connectivity index (χ3v) is 7.63. The molecule has 0 aliphatic carbocycles. The number of hydroxylamine groups is 1. The Labute approximate surface area is 282 Å². The van der Waals surface area contributed by atoms with Gasteiger partial charge in [-0.2, -0.15) is 5.48 Å². The Morgan fingerprint density at radius 2 is 1.42 bits per heavy atom. The summed E-state index contributed by atoms with van der Waals surface area (Å²) in [5.41, 5.74) is 5.02. The van der Waals surface area contributed by atoms with Crippen LogP contribution in [0.1, 0.15) is 37.0 Å². The van der Waals surface area contributed by atoms with Crippen molar-refractivity contribution < 1.29 is 33.4 Å². The zero-order valence-electron chi connectivity index (χ0n) is 27.6. The normalized spacial score (nSPS) is 11.6. The second-order valence-electron chi connectivity index (χ2n) is 11.1. The molecule has 0 radical (unpaired) electrons. The number of carbonyl (C=O) groups is 3. The Kier molecular flexibility index (Phi) is 14.9. The highest BCUT2D eigenvalue weighted by Gasteiger charge is 2.29. The van der Waals surface area contributed by atoms with E-state index in [0.29, 0.717) is 26.2 Å². The lowest BCUT2D eigenvalue weighted by Crippen LogP contribution is -2.53. The fourth-order valence-corrected chi connectivity index (χ4v) is 5.38. The first kappa shape index (κ1) is 36.1. The van der Waals surface area contributed by atoms with Gasteiger partial charge in [0, 0.05) is 26.2 Å². The molecule has 0 fully saturated rings. The number of hydrogen-bond acceptors (Lipinski definition) is 7. The largest absolute Gasteiger partial charge is 0.443 e. The van der Waals surface area contributed by atoms with Crippen molar-refractivity contribution in [1.82, 2.24) is 15.7 Å². The third-order valence-electron chi connectivity index (χ3n) is 7.63. The van der Waals surface area contributed by atoms with E-state index in [0.717, 1.165) is 28.3 Å². The van der Waals surface area contributed by atoms with Crippen molar-refractivity contribution in [2.75, 3.05) is 32.9 Å². The van der Waals surface area contributed by atoms with Crippen LogP contribution >= 0.6 is 0 Å². The van der Waals surface area contributed by atoms with Crippen molar-refractivity contribution in [3.8, 4) is 0 Å². The number of hydrogen-bond donors (Lipinski definition) is 2. The predicted octanol–water partition coefficient (Wildman–Crippen LogP) is 5.59. The van der Waals surface area contributed by atoms with Crippen LogP contribution < -0.4 is 10.8 Å². The summed E-state index contributed by atoms with van der Waals surface area (Å²) in [7, 11) is 0. The van der Waals surface area contributed by atoms with Gasteiger partial charge < -0.3 is 24.4 Å². The molecule has 0 aliphatic rings. The first-order chi connectivity index (χ1) is 23.5. The Morgan fingerprint density at radius 1 is 0.771 bits per heavy atom. The molecule has 4 rings (SSSR count). The van der Waals surface area contributed by atoms with Crippen LogP contribution in [-0.4, -0.2) is 68.0 Å².